The van der Waals surface area contributed by atoms with Gasteiger partial charge in [-0.15, -0.1) is 19.2 Å². The van der Waals surface area contributed by atoms with Crippen LogP contribution in [-0.2, 0) is 0 Å². The van der Waals surface area contributed by atoms with Crippen molar-refractivity contribution < 1.29 is 4.39 Å². The van der Waals surface area contributed by atoms with Crippen molar-refractivity contribution in [2.24, 2.45) is 11.8 Å². The summed E-state index contributed by atoms with van der Waals surface area (Å²) in [7, 11) is 0. The van der Waals surface area contributed by atoms with Crippen molar-refractivity contribution in [2.45, 2.75) is 32.2 Å². The Labute approximate surface area is 74.3 Å². The maximum atomic E-state index is 12.6. The van der Waals surface area contributed by atoms with Crippen molar-refractivity contribution in [2.75, 3.05) is 0 Å². The lowest BCUT2D eigenvalue weighted by Crippen LogP contribution is -2.15. The largest absolute Gasteiger partial charge is 0.236 e. The molecule has 0 nitrogen and oxygen atoms in total. The lowest BCUT2D eigenvalue weighted by Gasteiger charge is -2.19. The van der Waals surface area contributed by atoms with Crippen LogP contribution in [0.25, 0.3) is 0 Å². The topological polar surface area (TPSA) is 0 Å². The van der Waals surface area contributed by atoms with E-state index in [0.29, 0.717) is 5.92 Å². The second-order valence-electron chi connectivity index (χ2n) is 3.08. The molecule has 0 bridgehead atoms. The van der Waals surface area contributed by atoms with Crippen molar-refractivity contribution in [3.8, 4) is 0 Å². The molecule has 3 atom stereocenters. The van der Waals surface area contributed by atoms with Gasteiger partial charge in [-0.05, 0) is 24.7 Å². The smallest absolute Gasteiger partial charge is 0.146 e. The van der Waals surface area contributed by atoms with Crippen molar-refractivity contribution in [3.05, 3.63) is 12.7 Å². The normalized spacial score (nSPS) is 18.9. The Morgan fingerprint density at radius 3 is 2.45 bits per heavy atom. The maximum Gasteiger partial charge on any atom is 0.146 e. The average Bonchev–Trinajstić information content (AvgIpc) is 1.98. The molecule has 0 amide bonds. The van der Waals surface area contributed by atoms with Gasteiger partial charge in [-0.2, -0.15) is 0 Å². The van der Waals surface area contributed by atoms with E-state index in [9.17, 15) is 4.39 Å². The summed E-state index contributed by atoms with van der Waals surface area (Å²) in [6, 6.07) is 0. The van der Waals surface area contributed by atoms with Crippen LogP contribution in [0.15, 0.2) is 12.7 Å². The van der Waals surface area contributed by atoms with E-state index in [1.54, 1.807) is 0 Å². The Kier molecular flexibility index (Phi) is 5.65. The highest BCUT2D eigenvalue weighted by molar-refractivity contribution is 7.80. The van der Waals surface area contributed by atoms with Crippen molar-refractivity contribution in [3.63, 3.8) is 0 Å². The molecule has 0 aromatic heterocycles. The lowest BCUT2D eigenvalue weighted by molar-refractivity contribution is 0.259. The van der Waals surface area contributed by atoms with E-state index in [1.165, 1.54) is 0 Å². The third-order valence-electron chi connectivity index (χ3n) is 2.16. The first kappa shape index (κ1) is 11.0. The molecule has 0 saturated carbocycles. The minimum atomic E-state index is -0.991. The average molecular weight is 176 g/mol. The van der Waals surface area contributed by atoms with Crippen molar-refractivity contribution >= 4 is 12.6 Å². The van der Waals surface area contributed by atoms with Gasteiger partial charge in [-0.1, -0.05) is 19.9 Å². The number of alkyl halides is 1. The Hall–Kier alpha value is 0.0200. The van der Waals surface area contributed by atoms with Crippen LogP contribution < -0.4 is 0 Å². The summed E-state index contributed by atoms with van der Waals surface area (Å²) in [5, 5.41) is 0. The van der Waals surface area contributed by atoms with Gasteiger partial charge in [0.25, 0.3) is 0 Å². The minimum Gasteiger partial charge on any atom is -0.236 e. The van der Waals surface area contributed by atoms with E-state index in [2.05, 4.69) is 26.1 Å². The van der Waals surface area contributed by atoms with Gasteiger partial charge in [-0.25, -0.2) is 4.39 Å². The van der Waals surface area contributed by atoms with Gasteiger partial charge in [0.05, 0.1) is 0 Å². The van der Waals surface area contributed by atoms with Crippen LogP contribution in [0.2, 0.25) is 0 Å². The van der Waals surface area contributed by atoms with Gasteiger partial charge in [0.2, 0.25) is 0 Å². The summed E-state index contributed by atoms with van der Waals surface area (Å²) >= 11 is 3.76. The molecule has 2 heteroatoms. The molecule has 0 N–H and O–H groups in total. The fourth-order valence-corrected chi connectivity index (χ4v) is 1.21. The summed E-state index contributed by atoms with van der Waals surface area (Å²) in [4.78, 5) is 0. The molecule has 0 aliphatic carbocycles. The van der Waals surface area contributed by atoms with E-state index in [1.807, 2.05) is 13.0 Å². The lowest BCUT2D eigenvalue weighted by atomic mass is 9.92. The molecule has 0 spiro atoms. The van der Waals surface area contributed by atoms with Crippen molar-refractivity contribution in [1.29, 1.82) is 0 Å². The second kappa shape index (κ2) is 5.64. The number of allylic oxidation sites excluding steroid dienone is 1. The molecule has 0 fully saturated rings. The fraction of sp³-hybridized carbons (Fsp3) is 0.778. The third-order valence-corrected chi connectivity index (χ3v) is 2.63. The van der Waals surface area contributed by atoms with Crippen LogP contribution >= 0.6 is 12.6 Å². The van der Waals surface area contributed by atoms with E-state index >= 15 is 0 Å². The van der Waals surface area contributed by atoms with E-state index in [4.69, 9.17) is 0 Å². The highest BCUT2D eigenvalue weighted by Gasteiger charge is 2.17. The van der Waals surface area contributed by atoms with Gasteiger partial charge in [-0.3, -0.25) is 0 Å². The second-order valence-corrected chi connectivity index (χ2v) is 3.57. The van der Waals surface area contributed by atoms with Crippen molar-refractivity contribution in [1.82, 2.24) is 0 Å². The molecule has 0 aliphatic rings. The summed E-state index contributed by atoms with van der Waals surface area (Å²) in [6.45, 7) is 7.57. The van der Waals surface area contributed by atoms with E-state index in [0.717, 1.165) is 12.8 Å². The first-order valence-corrected chi connectivity index (χ1v) is 4.54. The number of rotatable bonds is 5. The first-order chi connectivity index (χ1) is 5.09. The molecule has 0 rings (SSSR count). The minimum absolute atomic E-state index is 0.0401. The van der Waals surface area contributed by atoms with Gasteiger partial charge >= 0.3 is 0 Å². The summed E-state index contributed by atoms with van der Waals surface area (Å²) < 4.78 is 12.6. The van der Waals surface area contributed by atoms with E-state index in [-0.39, 0.29) is 5.92 Å². The highest BCUT2D eigenvalue weighted by Crippen LogP contribution is 2.24. The monoisotopic (exact) mass is 176 g/mol. The Morgan fingerprint density at radius 1 is 1.55 bits per heavy atom. The SMILES string of the molecule is C=CCCC(C)[C@@H](C)C(F)S. The molecule has 0 heterocycles. The zero-order chi connectivity index (χ0) is 8.85. The predicted octanol–water partition coefficient (Wildman–Crippen LogP) is 3.45. The summed E-state index contributed by atoms with van der Waals surface area (Å²) in [5.74, 6) is 0.429. The molecule has 0 saturated heterocycles. The Morgan fingerprint density at radius 2 is 2.09 bits per heavy atom. The number of thiol groups is 1. The van der Waals surface area contributed by atoms with Gasteiger partial charge in [0.1, 0.15) is 5.50 Å². The third kappa shape index (κ3) is 4.46. The molecule has 0 aromatic carbocycles. The molecule has 2 unspecified atom stereocenters. The predicted molar refractivity (Wildman–Crippen MR) is 51.6 cm³/mol. The van der Waals surface area contributed by atoms with Gasteiger partial charge in [0, 0.05) is 0 Å². The maximum absolute atomic E-state index is 12.6. The quantitative estimate of drug-likeness (QED) is 0.481. The summed E-state index contributed by atoms with van der Waals surface area (Å²) in [5.41, 5.74) is -0.991. The number of hydrogen-bond donors (Lipinski definition) is 1. The van der Waals surface area contributed by atoms with Crippen LogP contribution in [0.1, 0.15) is 26.7 Å². The molecule has 0 aliphatic heterocycles. The van der Waals surface area contributed by atoms with Crippen LogP contribution in [0.4, 0.5) is 4.39 Å². The zero-order valence-electron chi connectivity index (χ0n) is 7.26. The fourth-order valence-electron chi connectivity index (χ4n) is 0.915. The molecule has 0 aromatic rings. The van der Waals surface area contributed by atoms with Crippen LogP contribution in [0.3, 0.4) is 0 Å². The standard InChI is InChI=1S/C9H17FS/c1-4-5-6-7(2)8(3)9(10)11/h4,7-9,11H,1,5-6H2,2-3H3/t7?,8-,9?/m1/s1. The zero-order valence-corrected chi connectivity index (χ0v) is 8.15. The number of halogens is 1. The molecular weight excluding hydrogens is 159 g/mol. The van der Waals surface area contributed by atoms with Crippen LogP contribution in [-0.4, -0.2) is 5.50 Å². The molecule has 11 heavy (non-hydrogen) atoms. The Bertz CT molecular complexity index is 112. The van der Waals surface area contributed by atoms with Gasteiger partial charge < -0.3 is 0 Å². The van der Waals surface area contributed by atoms with Crippen LogP contribution in [0, 0.1) is 11.8 Å². The van der Waals surface area contributed by atoms with Crippen LogP contribution in [0.5, 0.6) is 0 Å². The Balaban J connectivity index is 3.63. The number of hydrogen-bond acceptors (Lipinski definition) is 1. The highest BCUT2D eigenvalue weighted by atomic mass is 32.1. The van der Waals surface area contributed by atoms with Gasteiger partial charge in [0.15, 0.2) is 0 Å². The van der Waals surface area contributed by atoms with E-state index < -0.39 is 5.50 Å². The summed E-state index contributed by atoms with van der Waals surface area (Å²) in [6.07, 6.45) is 3.84. The molecule has 66 valence electrons. The molecular formula is C9H17FS. The first-order valence-electron chi connectivity index (χ1n) is 4.02. The molecule has 0 radical (unpaired) electrons.